The molecule has 7 rings (SSSR count). The number of carbonyl (C=O) groups is 4. The Labute approximate surface area is 368 Å². The van der Waals surface area contributed by atoms with Crippen LogP contribution in [0.5, 0.6) is 11.5 Å². The summed E-state index contributed by atoms with van der Waals surface area (Å²) in [5, 5.41) is 9.05. The van der Waals surface area contributed by atoms with E-state index in [9.17, 15) is 28.0 Å². The van der Waals surface area contributed by atoms with E-state index in [0.717, 1.165) is 17.7 Å². The molecule has 2 aromatic heterocycles. The van der Waals surface area contributed by atoms with Gasteiger partial charge in [-0.05, 0) is 83.3 Å². The molecule has 19 heteroatoms. The van der Waals surface area contributed by atoms with E-state index in [1.807, 2.05) is 40.0 Å². The number of halogens is 3. The molecule has 2 aliphatic carbocycles. The predicted octanol–water partition coefficient (Wildman–Crippen LogP) is 7.63. The summed E-state index contributed by atoms with van der Waals surface area (Å²) < 4.78 is 53.1. The number of ether oxygens (including phenoxy) is 4. The van der Waals surface area contributed by atoms with Crippen LogP contribution in [0.15, 0.2) is 23.6 Å². The third-order valence-corrected chi connectivity index (χ3v) is 12.6. The van der Waals surface area contributed by atoms with Crippen molar-refractivity contribution in [3.8, 4) is 22.9 Å². The number of nitrogens with two attached hydrogens (primary N) is 1. The summed E-state index contributed by atoms with van der Waals surface area (Å²) in [6.07, 6.45) is -0.239. The molecule has 0 radical (unpaired) electrons. The van der Waals surface area contributed by atoms with Gasteiger partial charge in [0.25, 0.3) is 5.92 Å². The highest BCUT2D eigenvalue weighted by atomic mass is 35.5. The Bertz CT molecular complexity index is 2200. The minimum absolute atomic E-state index is 0.0326. The van der Waals surface area contributed by atoms with Crippen LogP contribution in [0, 0.1) is 17.3 Å². The normalized spacial score (nSPS) is 24.8. The van der Waals surface area contributed by atoms with E-state index in [-0.39, 0.29) is 48.0 Å². The zero-order valence-corrected chi connectivity index (χ0v) is 37.8. The van der Waals surface area contributed by atoms with Crippen molar-refractivity contribution in [2.45, 2.75) is 135 Å². The number of likely N-dealkylation sites (tertiary alicyclic amines) is 2. The van der Waals surface area contributed by atoms with Gasteiger partial charge in [-0.1, -0.05) is 32.4 Å². The van der Waals surface area contributed by atoms with E-state index >= 15 is 0 Å². The van der Waals surface area contributed by atoms with E-state index in [2.05, 4.69) is 10.6 Å². The lowest BCUT2D eigenvalue weighted by molar-refractivity contribution is -0.141. The molecule has 0 bridgehead atoms. The summed E-state index contributed by atoms with van der Waals surface area (Å²) in [4.78, 5) is 65.2. The van der Waals surface area contributed by atoms with Crippen molar-refractivity contribution in [1.29, 1.82) is 0 Å². The smallest absolute Gasteiger partial charge is 0.410 e. The lowest BCUT2D eigenvalue weighted by Crippen LogP contribution is -2.57. The van der Waals surface area contributed by atoms with Crippen LogP contribution in [0.1, 0.15) is 87.5 Å². The number of benzene rings is 1. The van der Waals surface area contributed by atoms with Gasteiger partial charge in [0.1, 0.15) is 58.7 Å². The molecule has 62 heavy (non-hydrogen) atoms. The molecule has 3 aromatic rings. The molecule has 4 heterocycles. The minimum Gasteiger partial charge on any atom is -0.490 e. The van der Waals surface area contributed by atoms with Crippen LogP contribution in [-0.4, -0.2) is 111 Å². The molecule has 1 aromatic carbocycles. The third kappa shape index (κ3) is 10.4. The van der Waals surface area contributed by atoms with E-state index in [0.29, 0.717) is 39.5 Å². The number of primary amides is 1. The number of hydrogen-bond donors (Lipinski definition) is 3. The lowest BCUT2D eigenvalue weighted by atomic mass is 9.85. The fourth-order valence-electron chi connectivity index (χ4n) is 8.47. The number of anilines is 1. The van der Waals surface area contributed by atoms with E-state index in [1.54, 1.807) is 39.0 Å². The number of alkyl halides is 2. The van der Waals surface area contributed by atoms with Crippen LogP contribution in [0.3, 0.4) is 0 Å². The average molecular weight is 904 g/mol. The quantitative estimate of drug-likeness (QED) is 0.162. The number of aromatic nitrogens is 2. The molecule has 2 saturated carbocycles. The van der Waals surface area contributed by atoms with Crippen molar-refractivity contribution in [2.75, 3.05) is 25.0 Å². The molecule has 4 amide bonds. The SMILES string of the molecule is CC(C)Nc1nc(-c2cc(OC3C[C@@H](C(N)=O)N(C(=O)[C@@H](NC(=O)O[C@@H]4C[C@@H]5C[C@@H]5C4)C(C)(C)C)C3)c3ccc(OC[C@@H]4CC(F)(F)CN4C(=O)OC(C)(C)C)c(Cl)c3n2)cs1. The molecule has 2 saturated heterocycles. The van der Waals surface area contributed by atoms with Crippen molar-refractivity contribution in [2.24, 2.45) is 23.0 Å². The van der Waals surface area contributed by atoms with Gasteiger partial charge in [0.15, 0.2) is 5.13 Å². The number of carbonyl (C=O) groups excluding carboxylic acids is 4. The van der Waals surface area contributed by atoms with Gasteiger partial charge in [-0.25, -0.2) is 28.3 Å². The number of nitrogens with zero attached hydrogens (tertiary/aromatic N) is 4. The Hall–Kier alpha value is -4.71. The van der Waals surface area contributed by atoms with Crippen LogP contribution in [0.25, 0.3) is 22.3 Å². The number of pyridine rings is 1. The van der Waals surface area contributed by atoms with Crippen molar-refractivity contribution < 1.29 is 46.9 Å². The highest BCUT2D eigenvalue weighted by Crippen LogP contribution is 2.52. The molecule has 338 valence electrons. The zero-order chi connectivity index (χ0) is 45.1. The Morgan fingerprint density at radius 3 is 2.34 bits per heavy atom. The van der Waals surface area contributed by atoms with E-state index in [1.165, 1.54) is 22.7 Å². The first-order valence-corrected chi connectivity index (χ1v) is 22.3. The molecule has 7 atom stereocenters. The topological polar surface area (TPSA) is 188 Å². The summed E-state index contributed by atoms with van der Waals surface area (Å²) in [7, 11) is 0. The van der Waals surface area contributed by atoms with Crippen LogP contribution in [0.2, 0.25) is 5.02 Å². The predicted molar refractivity (Wildman–Crippen MR) is 230 cm³/mol. The summed E-state index contributed by atoms with van der Waals surface area (Å²) in [5.74, 6) is -2.73. The van der Waals surface area contributed by atoms with Gasteiger partial charge in [-0.3, -0.25) is 14.5 Å². The molecule has 2 aliphatic heterocycles. The number of amides is 4. The first kappa shape index (κ1) is 45.3. The first-order chi connectivity index (χ1) is 28.9. The van der Waals surface area contributed by atoms with Gasteiger partial charge < -0.3 is 40.2 Å². The largest absolute Gasteiger partial charge is 0.490 e. The van der Waals surface area contributed by atoms with Crippen molar-refractivity contribution >= 4 is 63.0 Å². The molecule has 1 unspecified atom stereocenters. The van der Waals surface area contributed by atoms with Crippen molar-refractivity contribution in [3.05, 3.63) is 28.6 Å². The van der Waals surface area contributed by atoms with Gasteiger partial charge in [0.2, 0.25) is 11.8 Å². The van der Waals surface area contributed by atoms with Crippen LogP contribution in [0.4, 0.5) is 23.5 Å². The van der Waals surface area contributed by atoms with Gasteiger partial charge in [0, 0.05) is 35.7 Å². The molecular formula is C43H56ClF2N7O8S. The number of rotatable bonds is 12. The number of nitrogens with one attached hydrogen (secondary N) is 2. The first-order valence-electron chi connectivity index (χ1n) is 21.0. The van der Waals surface area contributed by atoms with Gasteiger partial charge >= 0.3 is 12.2 Å². The Balaban J connectivity index is 1.15. The number of hydrogen-bond acceptors (Lipinski definition) is 12. The second kappa shape index (κ2) is 17.1. The standard InChI is InChI=1S/C43H56ClF2N7O8S/c1-21(2)48-38-50-29(19-62-38)28-15-32(27-9-10-31(33(44)34(27)49-28)58-18-24-16-43(45,46)20-53(24)40(57)61-42(6,7)8)59-26-14-30(36(47)54)52(17-26)37(55)35(41(3,4)5)51-39(56)60-25-12-22-11-23(22)13-25/h9-10,15,19,21-26,30,35H,11-14,16-18,20H2,1-8H3,(H2,47,54)(H,48,50)(H,51,56)/t22-,23+,24-,25+,26?,30-,35+/m0/s1. The monoisotopic (exact) mass is 903 g/mol. The second-order valence-electron chi connectivity index (χ2n) is 19.3. The average Bonchev–Trinajstić information content (AvgIpc) is 3.57. The van der Waals surface area contributed by atoms with E-state index in [4.69, 9.17) is 46.3 Å². The van der Waals surface area contributed by atoms with Gasteiger partial charge in [-0.2, -0.15) is 0 Å². The van der Waals surface area contributed by atoms with Crippen LogP contribution >= 0.6 is 22.9 Å². The van der Waals surface area contributed by atoms with Crippen LogP contribution < -0.4 is 25.8 Å². The Kier molecular flexibility index (Phi) is 12.5. The van der Waals surface area contributed by atoms with Crippen LogP contribution in [-0.2, 0) is 19.1 Å². The zero-order valence-electron chi connectivity index (χ0n) is 36.3. The third-order valence-electron chi connectivity index (χ3n) is 11.5. The van der Waals surface area contributed by atoms with E-state index < -0.39 is 78.1 Å². The summed E-state index contributed by atoms with van der Waals surface area (Å²) in [5.41, 5.74) is 5.39. The maximum Gasteiger partial charge on any atom is 0.410 e. The fourth-order valence-corrected chi connectivity index (χ4v) is 9.58. The molecule has 15 nitrogen and oxygen atoms in total. The summed E-state index contributed by atoms with van der Waals surface area (Å²) >= 11 is 8.40. The fraction of sp³-hybridized carbons (Fsp3) is 0.628. The number of alkyl carbamates (subject to hydrolysis) is 1. The van der Waals surface area contributed by atoms with Gasteiger partial charge in [-0.15, -0.1) is 11.3 Å². The highest BCUT2D eigenvalue weighted by molar-refractivity contribution is 7.14. The minimum atomic E-state index is -3.14. The second-order valence-corrected chi connectivity index (χ2v) is 20.6. The molecular weight excluding hydrogens is 848 g/mol. The summed E-state index contributed by atoms with van der Waals surface area (Å²) in [6, 6.07) is 1.93. The molecule has 4 N–H and O–H groups in total. The molecule has 0 spiro atoms. The molecule has 4 fully saturated rings. The maximum atomic E-state index is 14.7. The number of fused-ring (bicyclic) bond motifs is 2. The maximum absolute atomic E-state index is 14.7. The Morgan fingerprint density at radius 2 is 1.69 bits per heavy atom. The highest BCUT2D eigenvalue weighted by Gasteiger charge is 2.50. The van der Waals surface area contributed by atoms with Crippen molar-refractivity contribution in [3.63, 3.8) is 0 Å². The van der Waals surface area contributed by atoms with Gasteiger partial charge in [0.05, 0.1) is 30.3 Å². The molecule has 4 aliphatic rings. The van der Waals surface area contributed by atoms with Crippen molar-refractivity contribution in [1.82, 2.24) is 25.1 Å². The summed E-state index contributed by atoms with van der Waals surface area (Å²) in [6.45, 7) is 13.2. The lowest BCUT2D eigenvalue weighted by Gasteiger charge is -2.35. The number of thiazole rings is 1. The Morgan fingerprint density at radius 1 is 0.984 bits per heavy atom.